The van der Waals surface area contributed by atoms with E-state index in [0.29, 0.717) is 27.7 Å². The van der Waals surface area contributed by atoms with E-state index in [1.54, 1.807) is 30.5 Å². The number of pyridine rings is 1. The van der Waals surface area contributed by atoms with Gasteiger partial charge in [0.15, 0.2) is 0 Å². The fourth-order valence-electron chi connectivity index (χ4n) is 4.97. The molecular formula is C30H23F6N3O2. The first-order valence-corrected chi connectivity index (χ1v) is 12.6. The molecular weight excluding hydrogens is 548 g/mol. The van der Waals surface area contributed by atoms with E-state index in [2.05, 4.69) is 20.0 Å². The van der Waals surface area contributed by atoms with E-state index in [4.69, 9.17) is 0 Å². The van der Waals surface area contributed by atoms with E-state index < -0.39 is 41.7 Å². The Labute approximate surface area is 230 Å². The molecule has 5 nitrogen and oxygen atoms in total. The SMILES string of the molecule is O=C(Cc1c[nH]c2ccc(F)cc12)N[C@@H](Cc1cc(F)cc(F)c1)c1ncccc1C1C=CC(OC(F)(F)F)=CC1. The highest BCUT2D eigenvalue weighted by atomic mass is 19.4. The molecule has 4 aromatic rings. The lowest BCUT2D eigenvalue weighted by atomic mass is 9.87. The van der Waals surface area contributed by atoms with Gasteiger partial charge < -0.3 is 15.0 Å². The number of carbonyl (C=O) groups is 1. The Hall–Kier alpha value is -4.54. The van der Waals surface area contributed by atoms with Crippen LogP contribution >= 0.6 is 0 Å². The number of aromatic nitrogens is 2. The fraction of sp³-hybridized carbons (Fsp3) is 0.200. The van der Waals surface area contributed by atoms with Crippen LogP contribution in [0.2, 0.25) is 0 Å². The molecule has 0 saturated carbocycles. The summed E-state index contributed by atoms with van der Waals surface area (Å²) in [5, 5.41) is 3.43. The van der Waals surface area contributed by atoms with E-state index in [0.717, 1.165) is 18.2 Å². The molecule has 1 aliphatic rings. The average molecular weight is 572 g/mol. The number of hydrogen-bond donors (Lipinski definition) is 2. The summed E-state index contributed by atoms with van der Waals surface area (Å²) in [5.74, 6) is -3.22. The van der Waals surface area contributed by atoms with Crippen molar-refractivity contribution in [1.29, 1.82) is 0 Å². The van der Waals surface area contributed by atoms with Gasteiger partial charge in [-0.1, -0.05) is 12.1 Å². The lowest BCUT2D eigenvalue weighted by Crippen LogP contribution is -2.32. The van der Waals surface area contributed by atoms with Gasteiger partial charge in [0, 0.05) is 35.3 Å². The first-order valence-electron chi connectivity index (χ1n) is 12.6. The molecule has 5 rings (SSSR count). The Kier molecular flexibility index (Phi) is 7.87. The second-order valence-corrected chi connectivity index (χ2v) is 9.62. The number of nitrogens with one attached hydrogen (secondary N) is 2. The molecule has 11 heteroatoms. The number of benzene rings is 2. The van der Waals surface area contributed by atoms with E-state index >= 15 is 0 Å². The summed E-state index contributed by atoms with van der Waals surface area (Å²) >= 11 is 0. The number of amides is 1. The first-order chi connectivity index (χ1) is 19.5. The molecule has 0 bridgehead atoms. The minimum Gasteiger partial charge on any atom is -0.406 e. The van der Waals surface area contributed by atoms with Crippen LogP contribution in [0.15, 0.2) is 84.9 Å². The van der Waals surface area contributed by atoms with Crippen LogP contribution < -0.4 is 5.32 Å². The van der Waals surface area contributed by atoms with Gasteiger partial charge in [0.05, 0.1) is 18.2 Å². The van der Waals surface area contributed by atoms with Gasteiger partial charge in [-0.25, -0.2) is 13.2 Å². The van der Waals surface area contributed by atoms with Gasteiger partial charge in [0.1, 0.15) is 23.2 Å². The number of fused-ring (bicyclic) bond motifs is 1. The number of allylic oxidation sites excluding steroid dienone is 3. The Balaban J connectivity index is 1.44. The Morgan fingerprint density at radius 3 is 2.56 bits per heavy atom. The van der Waals surface area contributed by atoms with Crippen LogP contribution in [-0.4, -0.2) is 22.2 Å². The summed E-state index contributed by atoms with van der Waals surface area (Å²) < 4.78 is 83.8. The van der Waals surface area contributed by atoms with Gasteiger partial charge in [-0.15, -0.1) is 13.2 Å². The number of carbonyl (C=O) groups excluding carboxylic acids is 1. The molecule has 0 spiro atoms. The number of nitrogens with zero attached hydrogens (tertiary/aromatic N) is 1. The van der Waals surface area contributed by atoms with E-state index in [9.17, 15) is 31.1 Å². The molecule has 2 aromatic heterocycles. The van der Waals surface area contributed by atoms with Crippen molar-refractivity contribution >= 4 is 16.8 Å². The topological polar surface area (TPSA) is 67.0 Å². The number of aromatic amines is 1. The summed E-state index contributed by atoms with van der Waals surface area (Å²) in [6.45, 7) is 0. The Morgan fingerprint density at radius 2 is 1.85 bits per heavy atom. The van der Waals surface area contributed by atoms with Crippen LogP contribution in [0.4, 0.5) is 26.3 Å². The molecule has 0 aliphatic heterocycles. The smallest absolute Gasteiger partial charge is 0.406 e. The van der Waals surface area contributed by atoms with E-state index in [1.165, 1.54) is 30.5 Å². The number of ether oxygens (including phenoxy) is 1. The number of H-pyrrole nitrogens is 1. The number of rotatable bonds is 8. The first kappa shape index (κ1) is 28.0. The molecule has 2 atom stereocenters. The van der Waals surface area contributed by atoms with Crippen molar-refractivity contribution in [2.75, 3.05) is 0 Å². The van der Waals surface area contributed by atoms with Crippen LogP contribution in [0.25, 0.3) is 10.9 Å². The third-order valence-corrected chi connectivity index (χ3v) is 6.68. The molecule has 1 amide bonds. The zero-order valence-electron chi connectivity index (χ0n) is 21.3. The quantitative estimate of drug-likeness (QED) is 0.222. The monoisotopic (exact) mass is 571 g/mol. The van der Waals surface area contributed by atoms with Crippen molar-refractivity contribution in [2.24, 2.45) is 0 Å². The highest BCUT2D eigenvalue weighted by Gasteiger charge is 2.32. The third-order valence-electron chi connectivity index (χ3n) is 6.68. The van der Waals surface area contributed by atoms with E-state index in [-0.39, 0.29) is 30.6 Å². The van der Waals surface area contributed by atoms with Gasteiger partial charge in [-0.2, -0.15) is 0 Å². The highest BCUT2D eigenvalue weighted by molar-refractivity contribution is 5.89. The predicted molar refractivity (Wildman–Crippen MR) is 139 cm³/mol. The maximum atomic E-state index is 14.0. The number of hydrogen-bond acceptors (Lipinski definition) is 3. The molecule has 1 aliphatic carbocycles. The summed E-state index contributed by atoms with van der Waals surface area (Å²) in [6, 6.07) is 9.74. The van der Waals surface area contributed by atoms with Crippen molar-refractivity contribution < 1.29 is 35.9 Å². The molecule has 0 fully saturated rings. The lowest BCUT2D eigenvalue weighted by molar-refractivity contribution is -0.303. The van der Waals surface area contributed by atoms with Gasteiger partial charge in [0.2, 0.25) is 5.91 Å². The van der Waals surface area contributed by atoms with Crippen LogP contribution in [0.1, 0.15) is 40.8 Å². The minimum absolute atomic E-state index is 0.0261. The molecule has 41 heavy (non-hydrogen) atoms. The zero-order valence-corrected chi connectivity index (χ0v) is 21.3. The van der Waals surface area contributed by atoms with Gasteiger partial charge >= 0.3 is 6.36 Å². The zero-order chi connectivity index (χ0) is 29.1. The summed E-state index contributed by atoms with van der Waals surface area (Å²) in [7, 11) is 0. The Bertz CT molecular complexity index is 1620. The molecule has 2 heterocycles. The number of halogens is 6. The van der Waals surface area contributed by atoms with Crippen molar-refractivity contribution in [3.63, 3.8) is 0 Å². The van der Waals surface area contributed by atoms with Crippen molar-refractivity contribution in [3.05, 3.63) is 125 Å². The van der Waals surface area contributed by atoms with Crippen molar-refractivity contribution in [3.8, 4) is 0 Å². The minimum atomic E-state index is -4.82. The molecule has 0 saturated heterocycles. The average Bonchev–Trinajstić information content (AvgIpc) is 3.28. The highest BCUT2D eigenvalue weighted by Crippen LogP contribution is 2.34. The normalized spacial score (nSPS) is 16.0. The maximum absolute atomic E-state index is 14.0. The summed E-state index contributed by atoms with van der Waals surface area (Å²) in [5.41, 5.74) is 2.46. The third kappa shape index (κ3) is 6.97. The van der Waals surface area contributed by atoms with E-state index in [1.807, 2.05) is 0 Å². The van der Waals surface area contributed by atoms with Crippen LogP contribution in [-0.2, 0) is 22.4 Å². The fourth-order valence-corrected chi connectivity index (χ4v) is 4.97. The second-order valence-electron chi connectivity index (χ2n) is 9.62. The van der Waals surface area contributed by atoms with Gasteiger partial charge in [0.25, 0.3) is 0 Å². The summed E-state index contributed by atoms with van der Waals surface area (Å²) in [6.07, 6.45) is 2.35. The molecule has 1 unspecified atom stereocenters. The van der Waals surface area contributed by atoms with Gasteiger partial charge in [-0.3, -0.25) is 9.78 Å². The maximum Gasteiger partial charge on any atom is 0.573 e. The molecule has 2 N–H and O–H groups in total. The number of alkyl halides is 3. The largest absolute Gasteiger partial charge is 0.573 e. The van der Waals surface area contributed by atoms with Gasteiger partial charge in [-0.05, 0) is 78.1 Å². The second kappa shape index (κ2) is 11.5. The molecule has 212 valence electrons. The molecule has 2 aromatic carbocycles. The lowest BCUT2D eigenvalue weighted by Gasteiger charge is -2.25. The Morgan fingerprint density at radius 1 is 1.07 bits per heavy atom. The summed E-state index contributed by atoms with van der Waals surface area (Å²) in [4.78, 5) is 20.7. The standard InChI is InChI=1S/C30H23F6N3O2/c31-20-5-8-26-25(15-20)19(16-38-26)13-28(40)39-27(12-17-10-21(32)14-22(33)11-17)29-24(2-1-9-37-29)18-3-6-23(7-4-18)41-30(34,35)36/h1-3,5-11,14-16,18,27,38H,4,12-13H2,(H,39,40)/t18?,27-/m0/s1. The van der Waals surface area contributed by atoms with Crippen molar-refractivity contribution in [2.45, 2.75) is 37.6 Å². The van der Waals surface area contributed by atoms with Crippen LogP contribution in [0.5, 0.6) is 0 Å². The van der Waals surface area contributed by atoms with Crippen LogP contribution in [0.3, 0.4) is 0 Å². The molecule has 0 radical (unpaired) electrons. The predicted octanol–water partition coefficient (Wildman–Crippen LogP) is 7.09. The van der Waals surface area contributed by atoms with Crippen molar-refractivity contribution in [1.82, 2.24) is 15.3 Å². The van der Waals surface area contributed by atoms with Crippen LogP contribution in [0, 0.1) is 17.5 Å².